The highest BCUT2D eigenvalue weighted by Crippen LogP contribution is 2.22. The zero-order chi connectivity index (χ0) is 13.4. The molecule has 0 aliphatic rings. The highest BCUT2D eigenvalue weighted by atomic mass is 35.5. The van der Waals surface area contributed by atoms with Gasteiger partial charge in [-0.1, -0.05) is 25.4 Å². The van der Waals surface area contributed by atoms with Crippen LogP contribution in [-0.2, 0) is 0 Å². The van der Waals surface area contributed by atoms with Gasteiger partial charge in [-0.2, -0.15) is 5.26 Å². The van der Waals surface area contributed by atoms with E-state index in [1.165, 1.54) is 0 Å². The van der Waals surface area contributed by atoms with Crippen LogP contribution in [0.2, 0.25) is 5.02 Å². The number of nitriles is 1. The molecule has 0 bridgehead atoms. The number of rotatable bonds is 7. The van der Waals surface area contributed by atoms with Crippen molar-refractivity contribution in [3.63, 3.8) is 0 Å². The third kappa shape index (κ3) is 4.56. The molecular formula is C14H20ClN3. The topological polar surface area (TPSA) is 39.1 Å². The Morgan fingerprint density at radius 3 is 2.61 bits per heavy atom. The molecule has 1 aromatic carbocycles. The van der Waals surface area contributed by atoms with Crippen LogP contribution in [0.1, 0.15) is 25.8 Å². The van der Waals surface area contributed by atoms with E-state index in [-0.39, 0.29) is 0 Å². The monoisotopic (exact) mass is 265 g/mol. The molecule has 1 aromatic rings. The van der Waals surface area contributed by atoms with Crippen LogP contribution in [0.5, 0.6) is 0 Å². The summed E-state index contributed by atoms with van der Waals surface area (Å²) < 4.78 is 0. The van der Waals surface area contributed by atoms with E-state index in [9.17, 15) is 0 Å². The first-order valence-corrected chi connectivity index (χ1v) is 6.75. The van der Waals surface area contributed by atoms with Crippen molar-refractivity contribution in [2.75, 3.05) is 31.5 Å². The van der Waals surface area contributed by atoms with Crippen LogP contribution in [0, 0.1) is 11.3 Å². The van der Waals surface area contributed by atoms with E-state index in [0.29, 0.717) is 10.6 Å². The van der Waals surface area contributed by atoms with Gasteiger partial charge in [0.1, 0.15) is 0 Å². The van der Waals surface area contributed by atoms with Crippen LogP contribution in [-0.4, -0.2) is 31.1 Å². The van der Waals surface area contributed by atoms with Crippen molar-refractivity contribution in [1.82, 2.24) is 4.90 Å². The summed E-state index contributed by atoms with van der Waals surface area (Å²) in [4.78, 5) is 2.39. The smallest absolute Gasteiger partial charge is 0.0992 e. The van der Waals surface area contributed by atoms with Gasteiger partial charge in [-0.3, -0.25) is 0 Å². The summed E-state index contributed by atoms with van der Waals surface area (Å²) in [5.74, 6) is 0. The Hall–Kier alpha value is -1.24. The molecule has 4 heteroatoms. The summed E-state index contributed by atoms with van der Waals surface area (Å²) in [6.07, 6.45) is 1.08. The predicted molar refractivity (Wildman–Crippen MR) is 77.1 cm³/mol. The molecule has 0 radical (unpaired) electrons. The zero-order valence-electron chi connectivity index (χ0n) is 11.0. The molecule has 0 aliphatic carbocycles. The molecule has 0 saturated carbocycles. The Bertz CT molecular complexity index is 408. The van der Waals surface area contributed by atoms with Crippen molar-refractivity contribution in [2.24, 2.45) is 0 Å². The normalized spacial score (nSPS) is 10.4. The fraction of sp³-hybridized carbons (Fsp3) is 0.500. The third-order valence-electron chi connectivity index (χ3n) is 2.96. The van der Waals surface area contributed by atoms with Gasteiger partial charge in [0, 0.05) is 6.54 Å². The fourth-order valence-electron chi connectivity index (χ4n) is 1.79. The number of anilines is 1. The third-order valence-corrected chi connectivity index (χ3v) is 3.27. The minimum absolute atomic E-state index is 0.591. The SMILES string of the molecule is CCN(CC)CCCNc1ccc(C#N)cc1Cl. The first kappa shape index (κ1) is 14.8. The first-order chi connectivity index (χ1) is 8.71. The lowest BCUT2D eigenvalue weighted by molar-refractivity contribution is 0.303. The predicted octanol–water partition coefficient (Wildman–Crippen LogP) is 3.36. The Morgan fingerprint density at radius 2 is 2.06 bits per heavy atom. The van der Waals surface area contributed by atoms with E-state index in [2.05, 4.69) is 30.1 Å². The van der Waals surface area contributed by atoms with Crippen molar-refractivity contribution in [1.29, 1.82) is 5.26 Å². The Kier molecular flexibility index (Phi) is 6.56. The lowest BCUT2D eigenvalue weighted by Crippen LogP contribution is -2.25. The molecule has 0 fully saturated rings. The van der Waals surface area contributed by atoms with Crippen molar-refractivity contribution in [3.8, 4) is 6.07 Å². The second-order valence-corrected chi connectivity index (χ2v) is 4.52. The zero-order valence-corrected chi connectivity index (χ0v) is 11.8. The van der Waals surface area contributed by atoms with E-state index in [1.807, 2.05) is 6.07 Å². The van der Waals surface area contributed by atoms with Crippen molar-refractivity contribution < 1.29 is 0 Å². The highest BCUT2D eigenvalue weighted by Gasteiger charge is 2.02. The first-order valence-electron chi connectivity index (χ1n) is 6.37. The Balaban J connectivity index is 2.38. The molecule has 0 aliphatic heterocycles. The van der Waals surface area contributed by atoms with Crippen molar-refractivity contribution in [3.05, 3.63) is 28.8 Å². The molecule has 0 unspecified atom stereocenters. The molecule has 1 rings (SSSR count). The van der Waals surface area contributed by atoms with Gasteiger partial charge in [0.15, 0.2) is 0 Å². The van der Waals surface area contributed by atoms with Crippen LogP contribution in [0.3, 0.4) is 0 Å². The van der Waals surface area contributed by atoms with Crippen LogP contribution >= 0.6 is 11.6 Å². The molecule has 3 nitrogen and oxygen atoms in total. The standard InChI is InChI=1S/C14H20ClN3/c1-3-18(4-2)9-5-8-17-14-7-6-12(11-16)10-13(14)15/h6-7,10,17H,3-5,8-9H2,1-2H3. The quantitative estimate of drug-likeness (QED) is 0.769. The molecule has 0 spiro atoms. The Labute approximate surface area is 114 Å². The van der Waals surface area contributed by atoms with Gasteiger partial charge in [0.05, 0.1) is 22.3 Å². The van der Waals surface area contributed by atoms with E-state index in [0.717, 1.165) is 38.3 Å². The molecule has 18 heavy (non-hydrogen) atoms. The summed E-state index contributed by atoms with van der Waals surface area (Å²) in [5.41, 5.74) is 1.49. The number of halogens is 1. The minimum atomic E-state index is 0.591. The second kappa shape index (κ2) is 7.97. The minimum Gasteiger partial charge on any atom is -0.384 e. The lowest BCUT2D eigenvalue weighted by Gasteiger charge is -2.18. The summed E-state index contributed by atoms with van der Waals surface area (Å²) in [7, 11) is 0. The van der Waals surface area contributed by atoms with E-state index >= 15 is 0 Å². The van der Waals surface area contributed by atoms with E-state index in [1.54, 1.807) is 12.1 Å². The molecule has 1 N–H and O–H groups in total. The number of nitrogens with one attached hydrogen (secondary N) is 1. The molecule has 0 heterocycles. The second-order valence-electron chi connectivity index (χ2n) is 4.11. The van der Waals surface area contributed by atoms with Crippen LogP contribution < -0.4 is 5.32 Å². The van der Waals surface area contributed by atoms with E-state index in [4.69, 9.17) is 16.9 Å². The molecule has 0 saturated heterocycles. The average Bonchev–Trinajstić information content (AvgIpc) is 2.40. The van der Waals surface area contributed by atoms with Crippen molar-refractivity contribution in [2.45, 2.75) is 20.3 Å². The van der Waals surface area contributed by atoms with Gasteiger partial charge >= 0.3 is 0 Å². The summed E-state index contributed by atoms with van der Waals surface area (Å²) in [6, 6.07) is 7.40. The van der Waals surface area contributed by atoms with Crippen molar-refractivity contribution >= 4 is 17.3 Å². The molecule has 98 valence electrons. The fourth-order valence-corrected chi connectivity index (χ4v) is 2.04. The average molecular weight is 266 g/mol. The maximum atomic E-state index is 8.75. The maximum Gasteiger partial charge on any atom is 0.0992 e. The molecule has 0 aromatic heterocycles. The molecular weight excluding hydrogens is 246 g/mol. The van der Waals surface area contributed by atoms with Gasteiger partial charge in [-0.25, -0.2) is 0 Å². The summed E-state index contributed by atoms with van der Waals surface area (Å²) in [5, 5.41) is 12.7. The number of hydrogen-bond acceptors (Lipinski definition) is 3. The van der Waals surface area contributed by atoms with Gasteiger partial charge in [0.25, 0.3) is 0 Å². The lowest BCUT2D eigenvalue weighted by atomic mass is 10.2. The van der Waals surface area contributed by atoms with Gasteiger partial charge in [-0.15, -0.1) is 0 Å². The van der Waals surface area contributed by atoms with Gasteiger partial charge in [0.2, 0.25) is 0 Å². The Morgan fingerprint density at radius 1 is 1.33 bits per heavy atom. The summed E-state index contributed by atoms with van der Waals surface area (Å²) in [6.45, 7) is 8.51. The van der Waals surface area contributed by atoms with E-state index < -0.39 is 0 Å². The van der Waals surface area contributed by atoms with Crippen LogP contribution in [0.4, 0.5) is 5.69 Å². The molecule has 0 atom stereocenters. The number of benzene rings is 1. The largest absolute Gasteiger partial charge is 0.384 e. The summed E-state index contributed by atoms with van der Waals surface area (Å²) >= 11 is 6.08. The number of nitrogens with zero attached hydrogens (tertiary/aromatic N) is 2. The molecule has 0 amide bonds. The maximum absolute atomic E-state index is 8.75. The van der Waals surface area contributed by atoms with Gasteiger partial charge in [-0.05, 0) is 44.3 Å². The van der Waals surface area contributed by atoms with Crippen LogP contribution in [0.25, 0.3) is 0 Å². The highest BCUT2D eigenvalue weighted by molar-refractivity contribution is 6.33. The number of hydrogen-bond donors (Lipinski definition) is 1. The van der Waals surface area contributed by atoms with Crippen LogP contribution in [0.15, 0.2) is 18.2 Å². The van der Waals surface area contributed by atoms with Gasteiger partial charge < -0.3 is 10.2 Å².